The largest absolute Gasteiger partial charge is 0.586 e. The van der Waals surface area contributed by atoms with E-state index >= 15 is 0 Å². The molecule has 0 aromatic heterocycles. The van der Waals surface area contributed by atoms with Gasteiger partial charge in [-0.05, 0) is 30.3 Å². The molecular weight excluding hydrogens is 412 g/mol. The summed E-state index contributed by atoms with van der Waals surface area (Å²) in [6.07, 6.45) is -3.77. The summed E-state index contributed by atoms with van der Waals surface area (Å²) >= 11 is 3.19. The van der Waals surface area contributed by atoms with Crippen molar-refractivity contribution in [2.24, 2.45) is 0 Å². The smallest absolute Gasteiger partial charge is 0.495 e. The SMILES string of the molecule is COc1ccc(Br)cc1S(=O)(=O)Nc1ccc2c(c1)OC(F)(F)O2. The molecule has 0 radical (unpaired) electrons. The molecule has 0 unspecified atom stereocenters. The molecule has 0 atom stereocenters. The van der Waals surface area contributed by atoms with Gasteiger partial charge in [0.15, 0.2) is 11.5 Å². The van der Waals surface area contributed by atoms with Gasteiger partial charge in [0.05, 0.1) is 12.8 Å². The molecule has 2 aromatic carbocycles. The van der Waals surface area contributed by atoms with E-state index < -0.39 is 16.3 Å². The first-order valence-corrected chi connectivity index (χ1v) is 8.74. The lowest BCUT2D eigenvalue weighted by Crippen LogP contribution is -2.25. The van der Waals surface area contributed by atoms with E-state index in [1.165, 1.54) is 31.4 Å². The molecule has 0 bridgehead atoms. The fourth-order valence-corrected chi connectivity index (χ4v) is 3.84. The lowest BCUT2D eigenvalue weighted by molar-refractivity contribution is -0.286. The Morgan fingerprint density at radius 2 is 1.83 bits per heavy atom. The predicted molar refractivity (Wildman–Crippen MR) is 84.1 cm³/mol. The minimum absolute atomic E-state index is 0.0390. The zero-order valence-corrected chi connectivity index (χ0v) is 14.4. The molecule has 0 fully saturated rings. The molecule has 1 aliphatic rings. The molecule has 6 nitrogen and oxygen atoms in total. The molecule has 24 heavy (non-hydrogen) atoms. The number of anilines is 1. The molecule has 128 valence electrons. The lowest BCUT2D eigenvalue weighted by Gasteiger charge is -2.12. The van der Waals surface area contributed by atoms with Crippen LogP contribution in [0.5, 0.6) is 17.2 Å². The highest BCUT2D eigenvalue weighted by Crippen LogP contribution is 2.42. The van der Waals surface area contributed by atoms with Gasteiger partial charge < -0.3 is 14.2 Å². The Balaban J connectivity index is 1.93. The first-order chi connectivity index (χ1) is 11.2. The summed E-state index contributed by atoms with van der Waals surface area (Å²) in [5.74, 6) is -0.303. The van der Waals surface area contributed by atoms with Gasteiger partial charge in [-0.1, -0.05) is 15.9 Å². The van der Waals surface area contributed by atoms with Crippen LogP contribution in [0.4, 0.5) is 14.5 Å². The number of halogens is 3. The fourth-order valence-electron chi connectivity index (χ4n) is 2.08. The summed E-state index contributed by atoms with van der Waals surface area (Å²) in [5, 5.41) is 0. The van der Waals surface area contributed by atoms with Crippen LogP contribution in [0.15, 0.2) is 45.8 Å². The van der Waals surface area contributed by atoms with Crippen molar-refractivity contribution in [1.29, 1.82) is 0 Å². The van der Waals surface area contributed by atoms with Crippen LogP contribution in [0, 0.1) is 0 Å². The summed E-state index contributed by atoms with van der Waals surface area (Å²) in [5.41, 5.74) is 0.0390. The third-order valence-corrected chi connectivity index (χ3v) is 4.96. The van der Waals surface area contributed by atoms with Crippen LogP contribution in [-0.4, -0.2) is 21.8 Å². The summed E-state index contributed by atoms with van der Waals surface area (Å²) in [7, 11) is -2.68. The Morgan fingerprint density at radius 3 is 2.54 bits per heavy atom. The van der Waals surface area contributed by atoms with E-state index in [2.05, 4.69) is 30.1 Å². The number of nitrogens with one attached hydrogen (secondary N) is 1. The minimum atomic E-state index is -4.01. The van der Waals surface area contributed by atoms with Crippen LogP contribution in [0.2, 0.25) is 0 Å². The molecule has 1 aliphatic heterocycles. The van der Waals surface area contributed by atoms with Crippen LogP contribution in [0.1, 0.15) is 0 Å². The minimum Gasteiger partial charge on any atom is -0.495 e. The monoisotopic (exact) mass is 421 g/mol. The Labute approximate surface area is 144 Å². The van der Waals surface area contributed by atoms with Crippen LogP contribution >= 0.6 is 15.9 Å². The molecule has 2 aromatic rings. The van der Waals surface area contributed by atoms with Crippen molar-refractivity contribution in [3.05, 3.63) is 40.9 Å². The van der Waals surface area contributed by atoms with Gasteiger partial charge in [-0.15, -0.1) is 8.78 Å². The molecular formula is C14H10BrF2NO5S. The molecule has 10 heteroatoms. The molecule has 1 heterocycles. The Hall–Kier alpha value is -2.07. The molecule has 3 rings (SSSR count). The zero-order valence-electron chi connectivity index (χ0n) is 12.0. The second kappa shape index (κ2) is 5.78. The third-order valence-electron chi connectivity index (χ3n) is 3.07. The number of fused-ring (bicyclic) bond motifs is 1. The van der Waals surface area contributed by atoms with E-state index in [0.717, 1.165) is 6.07 Å². The van der Waals surface area contributed by atoms with Gasteiger partial charge in [0.25, 0.3) is 10.0 Å². The number of methoxy groups -OCH3 is 1. The molecule has 0 saturated heterocycles. The van der Waals surface area contributed by atoms with Gasteiger partial charge >= 0.3 is 6.29 Å². The van der Waals surface area contributed by atoms with Crippen LogP contribution in [0.3, 0.4) is 0 Å². The summed E-state index contributed by atoms with van der Waals surface area (Å²) in [4.78, 5) is -0.109. The first kappa shape index (κ1) is 16.8. The molecule has 0 amide bonds. The number of alkyl halides is 2. The van der Waals surface area contributed by atoms with Crippen molar-refractivity contribution in [2.75, 3.05) is 11.8 Å². The zero-order chi connectivity index (χ0) is 17.5. The predicted octanol–water partition coefficient (Wildman–Crippen LogP) is 3.58. The number of ether oxygens (including phenoxy) is 3. The Kier molecular flexibility index (Phi) is 4.04. The van der Waals surface area contributed by atoms with Crippen LogP contribution < -0.4 is 18.9 Å². The Morgan fingerprint density at radius 1 is 1.12 bits per heavy atom. The normalized spacial score (nSPS) is 15.2. The molecule has 0 saturated carbocycles. The molecule has 0 spiro atoms. The average Bonchev–Trinajstić information content (AvgIpc) is 2.80. The number of benzene rings is 2. The van der Waals surface area contributed by atoms with Gasteiger partial charge in [-0.25, -0.2) is 8.42 Å². The number of hydrogen-bond acceptors (Lipinski definition) is 5. The summed E-state index contributed by atoms with van der Waals surface area (Å²) < 4.78 is 67.5. The van der Waals surface area contributed by atoms with Crippen molar-refractivity contribution in [1.82, 2.24) is 0 Å². The second-order valence-corrected chi connectivity index (χ2v) is 7.30. The van der Waals surface area contributed by atoms with E-state index in [0.29, 0.717) is 4.47 Å². The maximum absolute atomic E-state index is 13.0. The highest BCUT2D eigenvalue weighted by atomic mass is 79.9. The van der Waals surface area contributed by atoms with E-state index in [4.69, 9.17) is 4.74 Å². The van der Waals surface area contributed by atoms with E-state index in [1.54, 1.807) is 6.07 Å². The third kappa shape index (κ3) is 3.24. The maximum atomic E-state index is 13.0. The van der Waals surface area contributed by atoms with Crippen LogP contribution in [-0.2, 0) is 10.0 Å². The standard InChI is InChI=1S/C14H10BrF2NO5S/c1-21-11-4-2-8(15)6-13(11)24(19,20)18-9-3-5-10-12(7-9)23-14(16,17)22-10/h2-7,18H,1H3. The van der Waals surface area contributed by atoms with Gasteiger partial charge in [-0.2, -0.15) is 0 Å². The lowest BCUT2D eigenvalue weighted by atomic mass is 10.3. The fraction of sp³-hybridized carbons (Fsp3) is 0.143. The highest BCUT2D eigenvalue weighted by molar-refractivity contribution is 9.10. The number of rotatable bonds is 4. The van der Waals surface area contributed by atoms with Crippen molar-refractivity contribution >= 4 is 31.6 Å². The average molecular weight is 422 g/mol. The van der Waals surface area contributed by atoms with Crippen molar-refractivity contribution < 1.29 is 31.4 Å². The van der Waals surface area contributed by atoms with Gasteiger partial charge in [0.1, 0.15) is 10.6 Å². The quantitative estimate of drug-likeness (QED) is 0.816. The first-order valence-electron chi connectivity index (χ1n) is 6.46. The highest BCUT2D eigenvalue weighted by Gasteiger charge is 2.43. The van der Waals surface area contributed by atoms with Gasteiger partial charge in [-0.3, -0.25) is 4.72 Å². The van der Waals surface area contributed by atoms with E-state index in [9.17, 15) is 17.2 Å². The number of hydrogen-bond donors (Lipinski definition) is 1. The van der Waals surface area contributed by atoms with E-state index in [1.807, 2.05) is 0 Å². The van der Waals surface area contributed by atoms with Crippen LogP contribution in [0.25, 0.3) is 0 Å². The summed E-state index contributed by atoms with van der Waals surface area (Å²) in [6, 6.07) is 8.05. The molecule has 1 N–H and O–H groups in total. The summed E-state index contributed by atoms with van der Waals surface area (Å²) in [6.45, 7) is 0. The van der Waals surface area contributed by atoms with Crippen molar-refractivity contribution in [3.8, 4) is 17.2 Å². The van der Waals surface area contributed by atoms with Gasteiger partial charge in [0, 0.05) is 10.5 Å². The molecule has 0 aliphatic carbocycles. The second-order valence-electron chi connectivity index (χ2n) is 4.73. The Bertz CT molecular complexity index is 904. The van der Waals surface area contributed by atoms with E-state index in [-0.39, 0.29) is 27.8 Å². The van der Waals surface area contributed by atoms with Gasteiger partial charge in [0.2, 0.25) is 0 Å². The number of sulfonamides is 1. The topological polar surface area (TPSA) is 73.9 Å². The maximum Gasteiger partial charge on any atom is 0.586 e. The van der Waals surface area contributed by atoms with Crippen molar-refractivity contribution in [3.63, 3.8) is 0 Å². The van der Waals surface area contributed by atoms with Crippen molar-refractivity contribution in [2.45, 2.75) is 11.2 Å².